The van der Waals surface area contributed by atoms with Crippen molar-refractivity contribution in [2.75, 3.05) is 11.9 Å². The van der Waals surface area contributed by atoms with Crippen LogP contribution in [0.3, 0.4) is 0 Å². The van der Waals surface area contributed by atoms with Gasteiger partial charge in [0, 0.05) is 0 Å². The Kier molecular flexibility index (Phi) is 4.52. The van der Waals surface area contributed by atoms with Crippen LogP contribution in [0.1, 0.15) is 43.9 Å². The molecular formula is C12H18N2O5. The number of aryl methyl sites for hydroxylation is 1. The van der Waals surface area contributed by atoms with Gasteiger partial charge in [-0.3, -0.25) is 0 Å². The van der Waals surface area contributed by atoms with E-state index in [0.29, 0.717) is 5.69 Å². The SMILES string of the molecule is CCOC(=O)c1oc(NC(=O)OC(C)(C)C)nc1C. The van der Waals surface area contributed by atoms with Crippen LogP contribution in [0.4, 0.5) is 10.8 Å². The molecule has 0 aromatic carbocycles. The molecule has 1 amide bonds. The molecule has 7 nitrogen and oxygen atoms in total. The molecule has 1 aromatic heterocycles. The second-order valence-corrected chi connectivity index (χ2v) is 4.78. The van der Waals surface area contributed by atoms with Gasteiger partial charge in [0.2, 0.25) is 5.76 Å². The predicted molar refractivity (Wildman–Crippen MR) is 67.1 cm³/mol. The van der Waals surface area contributed by atoms with E-state index in [1.54, 1.807) is 34.6 Å². The minimum absolute atomic E-state index is 0.0343. The van der Waals surface area contributed by atoms with Crippen LogP contribution in [0.2, 0.25) is 0 Å². The van der Waals surface area contributed by atoms with Gasteiger partial charge in [0.1, 0.15) is 5.60 Å². The lowest BCUT2D eigenvalue weighted by Gasteiger charge is -2.18. The van der Waals surface area contributed by atoms with Gasteiger partial charge in [-0.05, 0) is 34.6 Å². The van der Waals surface area contributed by atoms with Crippen LogP contribution in [-0.2, 0) is 9.47 Å². The van der Waals surface area contributed by atoms with Crippen molar-refractivity contribution < 1.29 is 23.5 Å². The lowest BCUT2D eigenvalue weighted by molar-refractivity contribution is 0.0486. The van der Waals surface area contributed by atoms with Crippen molar-refractivity contribution in [2.45, 2.75) is 40.2 Å². The Morgan fingerprint density at radius 3 is 2.53 bits per heavy atom. The summed E-state index contributed by atoms with van der Waals surface area (Å²) in [5.74, 6) is -0.655. The standard InChI is InChI=1S/C12H18N2O5/c1-6-17-9(15)8-7(2)13-10(18-8)14-11(16)19-12(3,4)5/h6H2,1-5H3,(H,13,14,16). The monoisotopic (exact) mass is 270 g/mol. The summed E-state index contributed by atoms with van der Waals surface area (Å²) in [6, 6.07) is -0.102. The van der Waals surface area contributed by atoms with Crippen LogP contribution in [0.15, 0.2) is 4.42 Å². The quantitative estimate of drug-likeness (QED) is 0.848. The van der Waals surface area contributed by atoms with E-state index in [2.05, 4.69) is 10.3 Å². The van der Waals surface area contributed by atoms with Crippen LogP contribution >= 0.6 is 0 Å². The van der Waals surface area contributed by atoms with Gasteiger partial charge in [0.25, 0.3) is 0 Å². The van der Waals surface area contributed by atoms with Crippen molar-refractivity contribution in [1.29, 1.82) is 0 Å². The van der Waals surface area contributed by atoms with E-state index in [1.807, 2.05) is 0 Å². The number of esters is 1. The first-order valence-electron chi connectivity index (χ1n) is 5.87. The van der Waals surface area contributed by atoms with Crippen LogP contribution < -0.4 is 5.32 Å². The smallest absolute Gasteiger partial charge is 0.415 e. The maximum atomic E-state index is 11.5. The van der Waals surface area contributed by atoms with Gasteiger partial charge < -0.3 is 13.9 Å². The summed E-state index contributed by atoms with van der Waals surface area (Å²) in [6.07, 6.45) is -0.704. The fraction of sp³-hybridized carbons (Fsp3) is 0.583. The zero-order chi connectivity index (χ0) is 14.6. The van der Waals surface area contributed by atoms with Gasteiger partial charge in [0.05, 0.1) is 12.3 Å². The Morgan fingerprint density at radius 1 is 1.37 bits per heavy atom. The summed E-state index contributed by atoms with van der Waals surface area (Å²) in [5, 5.41) is 2.31. The van der Waals surface area contributed by atoms with Crippen molar-refractivity contribution in [3.05, 3.63) is 11.5 Å². The number of amides is 1. The third-order valence-electron chi connectivity index (χ3n) is 1.87. The summed E-state index contributed by atoms with van der Waals surface area (Å²) in [5.41, 5.74) is -0.292. The molecule has 19 heavy (non-hydrogen) atoms. The summed E-state index contributed by atoms with van der Waals surface area (Å²) in [7, 11) is 0. The number of anilines is 1. The highest BCUT2D eigenvalue weighted by Crippen LogP contribution is 2.16. The van der Waals surface area contributed by atoms with Crippen LogP contribution in [0.25, 0.3) is 0 Å². The fourth-order valence-electron chi connectivity index (χ4n) is 1.23. The molecule has 1 rings (SSSR count). The van der Waals surface area contributed by atoms with Gasteiger partial charge in [-0.1, -0.05) is 0 Å². The molecule has 0 saturated carbocycles. The molecule has 0 spiro atoms. The van der Waals surface area contributed by atoms with E-state index >= 15 is 0 Å². The minimum atomic E-state index is -0.704. The van der Waals surface area contributed by atoms with Gasteiger partial charge in [-0.15, -0.1) is 0 Å². The van der Waals surface area contributed by atoms with Gasteiger partial charge in [-0.25, -0.2) is 14.9 Å². The number of nitrogens with zero attached hydrogens (tertiary/aromatic N) is 1. The second kappa shape index (κ2) is 5.73. The molecule has 1 aromatic rings. The summed E-state index contributed by atoms with van der Waals surface area (Å²) in [6.45, 7) is 8.69. The molecule has 0 saturated heterocycles. The number of hydrogen-bond acceptors (Lipinski definition) is 6. The summed E-state index contributed by atoms with van der Waals surface area (Å²) < 4.78 is 14.9. The first-order valence-corrected chi connectivity index (χ1v) is 5.87. The molecule has 0 aliphatic carbocycles. The van der Waals surface area contributed by atoms with E-state index in [-0.39, 0.29) is 18.4 Å². The summed E-state index contributed by atoms with van der Waals surface area (Å²) in [4.78, 5) is 26.9. The third kappa shape index (κ3) is 4.61. The maximum absolute atomic E-state index is 11.5. The fourth-order valence-corrected chi connectivity index (χ4v) is 1.23. The highest BCUT2D eigenvalue weighted by Gasteiger charge is 2.22. The lowest BCUT2D eigenvalue weighted by Crippen LogP contribution is -2.27. The molecule has 7 heteroatoms. The molecule has 0 aliphatic heterocycles. The third-order valence-corrected chi connectivity index (χ3v) is 1.87. The molecular weight excluding hydrogens is 252 g/mol. The van der Waals surface area contributed by atoms with Crippen LogP contribution in [0.5, 0.6) is 0 Å². The zero-order valence-corrected chi connectivity index (χ0v) is 11.7. The number of nitrogens with one attached hydrogen (secondary N) is 1. The number of carbonyl (C=O) groups is 2. The Labute approximate surface area is 111 Å². The largest absolute Gasteiger partial charge is 0.460 e. The normalized spacial score (nSPS) is 11.0. The molecule has 0 atom stereocenters. The van der Waals surface area contributed by atoms with Crippen molar-refractivity contribution >= 4 is 18.1 Å². The second-order valence-electron chi connectivity index (χ2n) is 4.78. The molecule has 0 unspecified atom stereocenters. The molecule has 1 heterocycles. The highest BCUT2D eigenvalue weighted by molar-refractivity contribution is 5.88. The molecule has 0 radical (unpaired) electrons. The topological polar surface area (TPSA) is 90.7 Å². The minimum Gasteiger partial charge on any atom is -0.460 e. The summed E-state index contributed by atoms with van der Waals surface area (Å²) >= 11 is 0. The molecule has 106 valence electrons. The van der Waals surface area contributed by atoms with Crippen molar-refractivity contribution in [2.24, 2.45) is 0 Å². The average molecular weight is 270 g/mol. The van der Waals surface area contributed by atoms with E-state index < -0.39 is 17.7 Å². The van der Waals surface area contributed by atoms with E-state index in [4.69, 9.17) is 13.9 Å². The van der Waals surface area contributed by atoms with Gasteiger partial charge in [0.15, 0.2) is 0 Å². The first-order chi connectivity index (χ1) is 8.73. The molecule has 0 bridgehead atoms. The maximum Gasteiger partial charge on any atom is 0.415 e. The molecule has 0 fully saturated rings. The average Bonchev–Trinajstić information content (AvgIpc) is 2.56. The number of ether oxygens (including phenoxy) is 2. The van der Waals surface area contributed by atoms with E-state index in [1.165, 1.54) is 0 Å². The van der Waals surface area contributed by atoms with E-state index in [0.717, 1.165) is 0 Å². The van der Waals surface area contributed by atoms with Crippen molar-refractivity contribution in [1.82, 2.24) is 4.98 Å². The number of aromatic nitrogens is 1. The lowest BCUT2D eigenvalue weighted by atomic mass is 10.2. The highest BCUT2D eigenvalue weighted by atomic mass is 16.6. The van der Waals surface area contributed by atoms with Crippen molar-refractivity contribution in [3.63, 3.8) is 0 Å². The van der Waals surface area contributed by atoms with E-state index in [9.17, 15) is 9.59 Å². The Morgan fingerprint density at radius 2 is 2.00 bits per heavy atom. The van der Waals surface area contributed by atoms with Crippen LogP contribution in [-0.4, -0.2) is 29.3 Å². The first kappa shape index (κ1) is 15.0. The predicted octanol–water partition coefficient (Wildman–Crippen LogP) is 2.51. The Hall–Kier alpha value is -2.05. The molecule has 0 aliphatic rings. The Balaban J connectivity index is 2.74. The van der Waals surface area contributed by atoms with Crippen LogP contribution in [0, 0.1) is 6.92 Å². The number of hydrogen-bond donors (Lipinski definition) is 1. The Bertz CT molecular complexity index is 473. The zero-order valence-electron chi connectivity index (χ0n) is 11.7. The number of rotatable bonds is 3. The van der Waals surface area contributed by atoms with Crippen molar-refractivity contribution in [3.8, 4) is 0 Å². The molecule has 1 N–H and O–H groups in total. The van der Waals surface area contributed by atoms with Gasteiger partial charge in [-0.2, -0.15) is 4.98 Å². The number of carbonyl (C=O) groups excluding carboxylic acids is 2. The van der Waals surface area contributed by atoms with Gasteiger partial charge >= 0.3 is 18.1 Å². The number of oxazole rings is 1.